The van der Waals surface area contributed by atoms with Crippen molar-refractivity contribution >= 4 is 0 Å². The van der Waals surface area contributed by atoms with Gasteiger partial charge in [-0.05, 0) is 68.1 Å². The molecule has 1 aromatic rings. The molecule has 0 N–H and O–H groups in total. The van der Waals surface area contributed by atoms with E-state index >= 15 is 0 Å². The Balaban J connectivity index is 1.55. The third-order valence-electron chi connectivity index (χ3n) is 6.74. The quantitative estimate of drug-likeness (QED) is 0.394. The Hall–Kier alpha value is -1.31. The van der Waals surface area contributed by atoms with E-state index in [9.17, 15) is 30.7 Å². The number of ether oxygens (including phenoxy) is 1. The summed E-state index contributed by atoms with van der Waals surface area (Å²) in [5.74, 6) is -5.85. The topological polar surface area (TPSA) is 9.23 Å². The largest absolute Gasteiger partial charge is 0.416 e. The highest BCUT2D eigenvalue weighted by molar-refractivity contribution is 5.27. The molecule has 1 aromatic carbocycles. The van der Waals surface area contributed by atoms with Crippen molar-refractivity contribution in [3.63, 3.8) is 0 Å². The first-order chi connectivity index (χ1) is 14.4. The molecule has 0 aromatic heterocycles. The molecule has 2 aliphatic rings. The van der Waals surface area contributed by atoms with Gasteiger partial charge in [0.15, 0.2) is 0 Å². The van der Waals surface area contributed by atoms with Gasteiger partial charge in [0.25, 0.3) is 5.92 Å². The van der Waals surface area contributed by atoms with Gasteiger partial charge in [-0.2, -0.15) is 22.0 Å². The van der Waals surface area contributed by atoms with Crippen molar-refractivity contribution in [2.24, 2.45) is 11.8 Å². The van der Waals surface area contributed by atoms with Crippen molar-refractivity contribution in [2.45, 2.75) is 94.9 Å². The Labute approximate surface area is 178 Å². The van der Waals surface area contributed by atoms with Crippen molar-refractivity contribution in [1.82, 2.24) is 0 Å². The Morgan fingerprint density at radius 3 is 2.03 bits per heavy atom. The van der Waals surface area contributed by atoms with Gasteiger partial charge >= 0.3 is 12.3 Å². The second kappa shape index (κ2) is 9.28. The smallest absolute Gasteiger partial charge is 0.317 e. The maximum absolute atomic E-state index is 14.7. The van der Waals surface area contributed by atoms with Crippen LogP contribution in [-0.2, 0) is 10.9 Å². The molecule has 8 heteroatoms. The molecule has 0 aliphatic heterocycles. The minimum absolute atomic E-state index is 0.0540. The summed E-state index contributed by atoms with van der Waals surface area (Å²) in [6, 6.07) is 4.86. The van der Waals surface area contributed by atoms with Crippen molar-refractivity contribution in [1.29, 1.82) is 0 Å². The molecule has 0 bridgehead atoms. The summed E-state index contributed by atoms with van der Waals surface area (Å²) in [5.41, 5.74) is -0.0125. The number of rotatable bonds is 6. The Bertz CT molecular complexity index is 706. The summed E-state index contributed by atoms with van der Waals surface area (Å²) >= 11 is 0. The second-order valence-corrected chi connectivity index (χ2v) is 9.02. The van der Waals surface area contributed by atoms with Gasteiger partial charge in [0.2, 0.25) is 0 Å². The van der Waals surface area contributed by atoms with Crippen LogP contribution in [0.25, 0.3) is 0 Å². The van der Waals surface area contributed by atoms with Crippen LogP contribution in [0.1, 0.15) is 81.8 Å². The summed E-state index contributed by atoms with van der Waals surface area (Å²) in [7, 11) is 0. The summed E-state index contributed by atoms with van der Waals surface area (Å²) in [6.45, 7) is 1.89. The minimum atomic E-state index is -4.41. The maximum atomic E-state index is 14.7. The first kappa shape index (κ1) is 24.3. The third kappa shape index (κ3) is 5.93. The van der Waals surface area contributed by atoms with E-state index in [2.05, 4.69) is 0 Å². The van der Waals surface area contributed by atoms with Crippen LogP contribution in [0.3, 0.4) is 0 Å². The average molecular weight is 454 g/mol. The van der Waals surface area contributed by atoms with E-state index < -0.39 is 42.2 Å². The van der Waals surface area contributed by atoms with Gasteiger partial charge in [-0.25, -0.2) is 8.78 Å². The predicted octanol–water partition coefficient (Wildman–Crippen LogP) is 8.19. The molecule has 2 saturated carbocycles. The maximum Gasteiger partial charge on any atom is 0.416 e. The third-order valence-corrected chi connectivity index (χ3v) is 6.74. The highest BCUT2D eigenvalue weighted by Crippen LogP contribution is 2.50. The summed E-state index contributed by atoms with van der Waals surface area (Å²) in [5, 5.41) is 0. The van der Waals surface area contributed by atoms with Crippen LogP contribution in [0.5, 0.6) is 0 Å². The van der Waals surface area contributed by atoms with Crippen LogP contribution < -0.4 is 0 Å². The molecule has 1 nitrogen and oxygen atoms in total. The number of hydrogen-bond acceptors (Lipinski definition) is 1. The molecule has 0 heterocycles. The molecule has 31 heavy (non-hydrogen) atoms. The Morgan fingerprint density at radius 2 is 1.52 bits per heavy atom. The fourth-order valence-electron chi connectivity index (χ4n) is 5.07. The monoisotopic (exact) mass is 454 g/mol. The van der Waals surface area contributed by atoms with Gasteiger partial charge in [-0.15, -0.1) is 0 Å². The van der Waals surface area contributed by atoms with E-state index in [4.69, 9.17) is 4.74 Å². The van der Waals surface area contributed by atoms with E-state index in [0.717, 1.165) is 24.1 Å². The molecule has 0 amide bonds. The van der Waals surface area contributed by atoms with Gasteiger partial charge in [0, 0.05) is 6.42 Å². The molecule has 2 aliphatic carbocycles. The van der Waals surface area contributed by atoms with E-state index in [1.54, 1.807) is 0 Å². The standard InChI is InChI=1S/C23H29F7O/c1-2-3-15-4-13-20(21(24,25)14-15)23(29,30)31-19-11-7-17(8-12-19)16-5-9-18(10-6-16)22(26,27)28/h5-6,9-10,15,17,19-20H,2-4,7-8,11-14H2,1H3. The normalized spacial score (nSPS) is 29.7. The van der Waals surface area contributed by atoms with Crippen LogP contribution >= 0.6 is 0 Å². The molecule has 0 radical (unpaired) electrons. The first-order valence-corrected chi connectivity index (χ1v) is 11.0. The van der Waals surface area contributed by atoms with Gasteiger partial charge in [0.1, 0.15) is 5.92 Å². The van der Waals surface area contributed by atoms with Crippen molar-refractivity contribution in [3.8, 4) is 0 Å². The van der Waals surface area contributed by atoms with Crippen molar-refractivity contribution in [2.75, 3.05) is 0 Å². The van der Waals surface area contributed by atoms with Crippen molar-refractivity contribution in [3.05, 3.63) is 35.4 Å². The highest BCUT2D eigenvalue weighted by atomic mass is 19.4. The average Bonchev–Trinajstić information content (AvgIpc) is 2.67. The van der Waals surface area contributed by atoms with E-state index in [0.29, 0.717) is 25.7 Å². The molecule has 2 unspecified atom stereocenters. The lowest BCUT2D eigenvalue weighted by Crippen LogP contribution is -2.49. The van der Waals surface area contributed by atoms with Gasteiger partial charge in [-0.1, -0.05) is 31.9 Å². The van der Waals surface area contributed by atoms with Gasteiger partial charge in [0.05, 0.1) is 11.7 Å². The van der Waals surface area contributed by atoms with E-state index in [1.807, 2.05) is 6.92 Å². The SMILES string of the molecule is CCCC1CCC(C(F)(F)OC2CCC(c3ccc(C(F)(F)F)cc3)CC2)C(F)(F)C1. The van der Waals surface area contributed by atoms with Crippen LogP contribution in [0.2, 0.25) is 0 Å². The fourth-order valence-corrected chi connectivity index (χ4v) is 5.07. The molecule has 176 valence electrons. The first-order valence-electron chi connectivity index (χ1n) is 11.0. The predicted molar refractivity (Wildman–Crippen MR) is 103 cm³/mol. The lowest BCUT2D eigenvalue weighted by molar-refractivity contribution is -0.337. The highest BCUT2D eigenvalue weighted by Gasteiger charge is 2.58. The molecular formula is C23H29F7O. The second-order valence-electron chi connectivity index (χ2n) is 9.02. The molecule has 2 atom stereocenters. The molecule has 2 fully saturated rings. The fraction of sp³-hybridized carbons (Fsp3) is 0.739. The number of halogens is 7. The van der Waals surface area contributed by atoms with Crippen LogP contribution in [0.4, 0.5) is 30.7 Å². The zero-order valence-electron chi connectivity index (χ0n) is 17.5. The zero-order chi connectivity index (χ0) is 22.9. The van der Waals surface area contributed by atoms with Crippen molar-refractivity contribution < 1.29 is 35.5 Å². The molecular weight excluding hydrogens is 425 g/mol. The Kier molecular flexibility index (Phi) is 7.28. The summed E-state index contributed by atoms with van der Waals surface area (Å²) in [6.07, 6.45) is -6.74. The number of alkyl halides is 7. The number of benzene rings is 1. The Morgan fingerprint density at radius 1 is 0.903 bits per heavy atom. The van der Waals surface area contributed by atoms with E-state index in [1.165, 1.54) is 12.1 Å². The van der Waals surface area contributed by atoms with Crippen LogP contribution in [0.15, 0.2) is 24.3 Å². The van der Waals surface area contributed by atoms with Crippen LogP contribution in [-0.4, -0.2) is 18.1 Å². The molecule has 0 spiro atoms. The van der Waals surface area contributed by atoms with Crippen LogP contribution in [0, 0.1) is 11.8 Å². The van der Waals surface area contributed by atoms with Gasteiger partial charge < -0.3 is 4.74 Å². The molecule has 0 saturated heterocycles. The zero-order valence-corrected chi connectivity index (χ0v) is 17.5. The minimum Gasteiger partial charge on any atom is -0.317 e. The van der Waals surface area contributed by atoms with Gasteiger partial charge in [-0.3, -0.25) is 0 Å². The van der Waals surface area contributed by atoms with E-state index in [-0.39, 0.29) is 31.1 Å². The lowest BCUT2D eigenvalue weighted by atomic mass is 9.76. The lowest BCUT2D eigenvalue weighted by Gasteiger charge is -2.41. The molecule has 3 rings (SSSR count). The summed E-state index contributed by atoms with van der Waals surface area (Å²) in [4.78, 5) is 0. The summed E-state index contributed by atoms with van der Waals surface area (Å²) < 4.78 is 101. The number of hydrogen-bond donors (Lipinski definition) is 0.